The minimum Gasteiger partial charge on any atom is -0.392 e. The average molecular weight is 249 g/mol. The summed E-state index contributed by atoms with van der Waals surface area (Å²) in [5, 5.41) is 23.7. The molecule has 18 heavy (non-hydrogen) atoms. The van der Waals surface area contributed by atoms with E-state index in [1.54, 1.807) is 0 Å². The van der Waals surface area contributed by atoms with Crippen LogP contribution in [0.4, 0.5) is 0 Å². The first-order chi connectivity index (χ1) is 8.59. The molecular formula is C15H23NO2. The monoisotopic (exact) mass is 249 g/mol. The van der Waals surface area contributed by atoms with Gasteiger partial charge in [-0.2, -0.15) is 0 Å². The lowest BCUT2D eigenvalue weighted by Gasteiger charge is -2.32. The molecule has 3 heteroatoms. The Morgan fingerprint density at radius 3 is 2.56 bits per heavy atom. The first kappa shape index (κ1) is 13.5. The molecule has 0 aromatic heterocycles. The van der Waals surface area contributed by atoms with Gasteiger partial charge in [0, 0.05) is 12.6 Å². The second-order valence-electron chi connectivity index (χ2n) is 5.48. The summed E-state index contributed by atoms with van der Waals surface area (Å²) in [5.41, 5.74) is 0.0149. The van der Waals surface area contributed by atoms with Crippen molar-refractivity contribution < 1.29 is 10.2 Å². The molecule has 100 valence electrons. The lowest BCUT2D eigenvalue weighted by molar-refractivity contribution is 0.0347. The van der Waals surface area contributed by atoms with E-state index in [9.17, 15) is 10.2 Å². The van der Waals surface area contributed by atoms with Crippen molar-refractivity contribution in [1.29, 1.82) is 0 Å². The van der Waals surface area contributed by atoms with Crippen LogP contribution in [-0.2, 0) is 5.60 Å². The minimum atomic E-state index is -0.890. The Hall–Kier alpha value is -0.900. The molecule has 0 aliphatic heterocycles. The van der Waals surface area contributed by atoms with Crippen LogP contribution < -0.4 is 5.32 Å². The van der Waals surface area contributed by atoms with Gasteiger partial charge in [-0.1, -0.05) is 43.2 Å². The fraction of sp³-hybridized carbons (Fsp3) is 0.600. The van der Waals surface area contributed by atoms with Crippen LogP contribution >= 0.6 is 0 Å². The Morgan fingerprint density at radius 2 is 1.89 bits per heavy atom. The van der Waals surface area contributed by atoms with Crippen molar-refractivity contribution >= 4 is 0 Å². The highest BCUT2D eigenvalue weighted by atomic mass is 16.3. The van der Waals surface area contributed by atoms with Gasteiger partial charge >= 0.3 is 0 Å². The van der Waals surface area contributed by atoms with Crippen LogP contribution in [-0.4, -0.2) is 28.9 Å². The third kappa shape index (κ3) is 3.31. The molecule has 0 bridgehead atoms. The molecule has 1 aromatic rings. The van der Waals surface area contributed by atoms with Crippen LogP contribution in [0.15, 0.2) is 30.3 Å². The van der Waals surface area contributed by atoms with Crippen LogP contribution in [0.3, 0.4) is 0 Å². The van der Waals surface area contributed by atoms with Crippen LogP contribution in [0.1, 0.15) is 38.2 Å². The molecule has 3 atom stereocenters. The predicted octanol–water partition coefficient (Wildman–Crippen LogP) is 1.79. The number of benzene rings is 1. The highest BCUT2D eigenvalue weighted by Gasteiger charge is 2.27. The second-order valence-corrected chi connectivity index (χ2v) is 5.48. The first-order valence-electron chi connectivity index (χ1n) is 6.79. The fourth-order valence-corrected chi connectivity index (χ4v) is 2.58. The van der Waals surface area contributed by atoms with Gasteiger partial charge in [0.2, 0.25) is 0 Å². The molecule has 0 radical (unpaired) electrons. The number of hydrogen-bond donors (Lipinski definition) is 3. The van der Waals surface area contributed by atoms with E-state index in [0.29, 0.717) is 6.54 Å². The summed E-state index contributed by atoms with van der Waals surface area (Å²) in [4.78, 5) is 0. The van der Waals surface area contributed by atoms with E-state index in [4.69, 9.17) is 0 Å². The molecule has 3 nitrogen and oxygen atoms in total. The fourth-order valence-electron chi connectivity index (χ4n) is 2.58. The molecule has 3 N–H and O–H groups in total. The molecule has 1 aromatic carbocycles. The predicted molar refractivity (Wildman–Crippen MR) is 72.3 cm³/mol. The third-order valence-electron chi connectivity index (χ3n) is 3.83. The van der Waals surface area contributed by atoms with Gasteiger partial charge in [-0.05, 0) is 25.3 Å². The Kier molecular flexibility index (Phi) is 4.38. The van der Waals surface area contributed by atoms with Gasteiger partial charge in [0.1, 0.15) is 0 Å². The van der Waals surface area contributed by atoms with Crippen molar-refractivity contribution in [3.8, 4) is 0 Å². The zero-order valence-corrected chi connectivity index (χ0v) is 11.0. The van der Waals surface area contributed by atoms with E-state index in [2.05, 4.69) is 5.32 Å². The minimum absolute atomic E-state index is 0.119. The van der Waals surface area contributed by atoms with Gasteiger partial charge in [0.25, 0.3) is 0 Å². The molecule has 0 saturated heterocycles. The molecule has 0 amide bonds. The van der Waals surface area contributed by atoms with Gasteiger partial charge in [-0.15, -0.1) is 0 Å². The molecule has 1 aliphatic rings. The van der Waals surface area contributed by atoms with Crippen molar-refractivity contribution in [2.75, 3.05) is 6.54 Å². The summed E-state index contributed by atoms with van der Waals surface area (Å²) < 4.78 is 0. The van der Waals surface area contributed by atoms with E-state index in [0.717, 1.165) is 31.2 Å². The molecule has 2 rings (SSSR count). The van der Waals surface area contributed by atoms with E-state index in [1.165, 1.54) is 0 Å². The maximum atomic E-state index is 10.5. The van der Waals surface area contributed by atoms with Crippen molar-refractivity contribution in [2.24, 2.45) is 0 Å². The lowest BCUT2D eigenvalue weighted by Crippen LogP contribution is -2.47. The highest BCUT2D eigenvalue weighted by molar-refractivity contribution is 5.21. The maximum Gasteiger partial charge on any atom is 0.0992 e. The van der Waals surface area contributed by atoms with E-state index < -0.39 is 5.60 Å². The molecule has 0 heterocycles. The maximum absolute atomic E-state index is 10.5. The summed E-state index contributed by atoms with van der Waals surface area (Å²) >= 11 is 0. The van der Waals surface area contributed by atoms with Gasteiger partial charge < -0.3 is 15.5 Å². The average Bonchev–Trinajstić information content (AvgIpc) is 2.39. The molecule has 1 saturated carbocycles. The molecule has 0 spiro atoms. The van der Waals surface area contributed by atoms with Crippen molar-refractivity contribution in [3.05, 3.63) is 35.9 Å². The zero-order valence-electron chi connectivity index (χ0n) is 11.0. The van der Waals surface area contributed by atoms with Crippen molar-refractivity contribution in [1.82, 2.24) is 5.32 Å². The number of hydrogen-bond acceptors (Lipinski definition) is 3. The van der Waals surface area contributed by atoms with Crippen molar-refractivity contribution in [3.63, 3.8) is 0 Å². The molecule has 1 aliphatic carbocycles. The Balaban J connectivity index is 1.92. The van der Waals surface area contributed by atoms with Gasteiger partial charge in [-0.3, -0.25) is 0 Å². The third-order valence-corrected chi connectivity index (χ3v) is 3.83. The largest absolute Gasteiger partial charge is 0.392 e. The van der Waals surface area contributed by atoms with Crippen LogP contribution in [0.5, 0.6) is 0 Å². The summed E-state index contributed by atoms with van der Waals surface area (Å²) in [6.07, 6.45) is 3.85. The SMILES string of the molecule is CC(O)(CNC1CCCCC1O)c1ccccc1. The highest BCUT2D eigenvalue weighted by Crippen LogP contribution is 2.22. The van der Waals surface area contributed by atoms with E-state index in [-0.39, 0.29) is 12.1 Å². The van der Waals surface area contributed by atoms with Gasteiger partial charge in [0.15, 0.2) is 0 Å². The van der Waals surface area contributed by atoms with Gasteiger partial charge in [-0.25, -0.2) is 0 Å². The number of rotatable bonds is 4. The normalized spacial score (nSPS) is 27.7. The number of aliphatic hydroxyl groups excluding tert-OH is 1. The Labute approximate surface area is 109 Å². The smallest absolute Gasteiger partial charge is 0.0992 e. The van der Waals surface area contributed by atoms with E-state index >= 15 is 0 Å². The quantitative estimate of drug-likeness (QED) is 0.762. The van der Waals surface area contributed by atoms with Crippen LogP contribution in [0, 0.1) is 0 Å². The van der Waals surface area contributed by atoms with Crippen LogP contribution in [0.25, 0.3) is 0 Å². The van der Waals surface area contributed by atoms with E-state index in [1.807, 2.05) is 37.3 Å². The standard InChI is InChI=1S/C15H23NO2/c1-15(18,12-7-3-2-4-8-12)11-16-13-9-5-6-10-14(13)17/h2-4,7-8,13-14,16-18H,5-6,9-11H2,1H3. The Bertz CT molecular complexity index is 364. The second kappa shape index (κ2) is 5.83. The molecule has 3 unspecified atom stereocenters. The summed E-state index contributed by atoms with van der Waals surface area (Å²) in [6, 6.07) is 9.78. The van der Waals surface area contributed by atoms with Gasteiger partial charge in [0.05, 0.1) is 11.7 Å². The van der Waals surface area contributed by atoms with Crippen LogP contribution in [0.2, 0.25) is 0 Å². The summed E-state index contributed by atoms with van der Waals surface area (Å²) in [6.45, 7) is 2.28. The molecule has 1 fully saturated rings. The van der Waals surface area contributed by atoms with Crippen molar-refractivity contribution in [2.45, 2.75) is 50.4 Å². The molecular weight excluding hydrogens is 226 g/mol. The Morgan fingerprint density at radius 1 is 1.22 bits per heavy atom. The summed E-state index contributed by atoms with van der Waals surface area (Å²) in [7, 11) is 0. The lowest BCUT2D eigenvalue weighted by atomic mass is 9.90. The topological polar surface area (TPSA) is 52.5 Å². The summed E-state index contributed by atoms with van der Waals surface area (Å²) in [5.74, 6) is 0. The zero-order chi connectivity index (χ0) is 13.0. The number of nitrogens with one attached hydrogen (secondary N) is 1. The first-order valence-corrected chi connectivity index (χ1v) is 6.79. The number of aliphatic hydroxyl groups is 2.